The molecule has 1 aliphatic rings. The maximum atomic E-state index is 13.1. The molecule has 1 aliphatic carbocycles. The van der Waals surface area contributed by atoms with Crippen molar-refractivity contribution in [1.29, 1.82) is 0 Å². The van der Waals surface area contributed by atoms with Gasteiger partial charge in [-0.2, -0.15) is 0 Å². The Balaban J connectivity index is 1.54. The fraction of sp³-hybridized carbons (Fsp3) is 0.360. The minimum absolute atomic E-state index is 0.0685. The number of benzene rings is 1. The van der Waals surface area contributed by atoms with Gasteiger partial charge in [0.25, 0.3) is 0 Å². The molecule has 1 atom stereocenters. The Kier molecular flexibility index (Phi) is 6.60. The van der Waals surface area contributed by atoms with E-state index in [0.717, 1.165) is 49.0 Å². The normalized spacial score (nSPS) is 19.9. The van der Waals surface area contributed by atoms with Crippen LogP contribution in [0.5, 0.6) is 0 Å². The average molecular weight is 403 g/mol. The van der Waals surface area contributed by atoms with Gasteiger partial charge in [-0.1, -0.05) is 30.3 Å². The predicted octanol–water partition coefficient (Wildman–Crippen LogP) is 4.24. The summed E-state index contributed by atoms with van der Waals surface area (Å²) >= 11 is 0. The number of aromatic nitrogens is 2. The zero-order valence-electron chi connectivity index (χ0n) is 17.3. The van der Waals surface area contributed by atoms with E-state index < -0.39 is 0 Å². The quantitative estimate of drug-likeness (QED) is 0.553. The van der Waals surface area contributed by atoms with Gasteiger partial charge < -0.3 is 16.0 Å². The molecule has 0 aliphatic heterocycles. The minimum Gasteiger partial charge on any atom is -0.367 e. The molecule has 30 heavy (non-hydrogen) atoms. The SMILES string of the molecule is NC[C@H]1CC[C@H](C(=O)NC(Cc2ccccc2)c2cc(-c3cc[nH]c3)ccn2)CC1. The van der Waals surface area contributed by atoms with Gasteiger partial charge in [-0.15, -0.1) is 0 Å². The van der Waals surface area contributed by atoms with Gasteiger partial charge in [0.05, 0.1) is 11.7 Å². The van der Waals surface area contributed by atoms with E-state index in [1.54, 1.807) is 0 Å². The molecule has 2 aromatic heterocycles. The summed E-state index contributed by atoms with van der Waals surface area (Å²) in [5.74, 6) is 0.771. The highest BCUT2D eigenvalue weighted by Gasteiger charge is 2.28. The van der Waals surface area contributed by atoms with Crippen LogP contribution < -0.4 is 11.1 Å². The molecule has 5 heteroatoms. The lowest BCUT2D eigenvalue weighted by molar-refractivity contribution is -0.127. The lowest BCUT2D eigenvalue weighted by atomic mass is 9.81. The molecule has 3 aromatic rings. The molecule has 0 spiro atoms. The van der Waals surface area contributed by atoms with Crippen LogP contribution in [-0.2, 0) is 11.2 Å². The summed E-state index contributed by atoms with van der Waals surface area (Å²) in [4.78, 5) is 20.8. The van der Waals surface area contributed by atoms with Gasteiger partial charge in [0.15, 0.2) is 0 Å². The van der Waals surface area contributed by atoms with Crippen molar-refractivity contribution in [2.24, 2.45) is 17.6 Å². The van der Waals surface area contributed by atoms with Crippen molar-refractivity contribution < 1.29 is 4.79 Å². The summed E-state index contributed by atoms with van der Waals surface area (Å²) in [6, 6.07) is 16.2. The second kappa shape index (κ2) is 9.72. The predicted molar refractivity (Wildman–Crippen MR) is 120 cm³/mol. The molecule has 0 bridgehead atoms. The van der Waals surface area contributed by atoms with Crippen LogP contribution in [0.25, 0.3) is 11.1 Å². The van der Waals surface area contributed by atoms with E-state index in [9.17, 15) is 4.79 Å². The lowest BCUT2D eigenvalue weighted by Gasteiger charge is -2.28. The third-order valence-corrected chi connectivity index (χ3v) is 6.22. The highest BCUT2D eigenvalue weighted by Crippen LogP contribution is 2.30. The fourth-order valence-electron chi connectivity index (χ4n) is 4.35. The number of carbonyl (C=O) groups excluding carboxylic acids is 1. The van der Waals surface area contributed by atoms with Gasteiger partial charge >= 0.3 is 0 Å². The highest BCUT2D eigenvalue weighted by atomic mass is 16.1. The van der Waals surface area contributed by atoms with E-state index in [2.05, 4.69) is 33.5 Å². The van der Waals surface area contributed by atoms with Crippen molar-refractivity contribution in [3.05, 3.63) is 78.4 Å². The van der Waals surface area contributed by atoms with Crippen LogP contribution in [0.4, 0.5) is 0 Å². The van der Waals surface area contributed by atoms with Gasteiger partial charge in [0, 0.05) is 24.5 Å². The first kappa shape index (κ1) is 20.4. The number of nitrogens with zero attached hydrogens (tertiary/aromatic N) is 1. The number of nitrogens with one attached hydrogen (secondary N) is 2. The molecule has 4 rings (SSSR count). The van der Waals surface area contributed by atoms with Gasteiger partial charge in [-0.25, -0.2) is 0 Å². The molecular weight excluding hydrogens is 372 g/mol. The van der Waals surface area contributed by atoms with E-state index in [1.807, 2.05) is 48.9 Å². The van der Waals surface area contributed by atoms with Crippen molar-refractivity contribution in [1.82, 2.24) is 15.3 Å². The average Bonchev–Trinajstić information content (AvgIpc) is 3.34. The molecule has 156 valence electrons. The Labute approximate surface area is 178 Å². The minimum atomic E-state index is -0.161. The summed E-state index contributed by atoms with van der Waals surface area (Å²) < 4.78 is 0. The molecular formula is C25H30N4O. The molecule has 0 radical (unpaired) electrons. The Morgan fingerprint density at radius 2 is 1.90 bits per heavy atom. The first-order valence-corrected chi connectivity index (χ1v) is 10.9. The van der Waals surface area contributed by atoms with Crippen molar-refractivity contribution in [2.75, 3.05) is 6.54 Å². The van der Waals surface area contributed by atoms with E-state index in [0.29, 0.717) is 12.3 Å². The molecule has 1 amide bonds. The number of hydrogen-bond acceptors (Lipinski definition) is 3. The maximum Gasteiger partial charge on any atom is 0.223 e. The molecule has 0 saturated heterocycles. The Morgan fingerprint density at radius 1 is 1.10 bits per heavy atom. The summed E-state index contributed by atoms with van der Waals surface area (Å²) in [6.07, 6.45) is 10.3. The molecule has 1 aromatic carbocycles. The van der Waals surface area contributed by atoms with Crippen LogP contribution in [0.2, 0.25) is 0 Å². The molecule has 4 N–H and O–H groups in total. The summed E-state index contributed by atoms with van der Waals surface area (Å²) in [6.45, 7) is 0.723. The number of amides is 1. The highest BCUT2D eigenvalue weighted by molar-refractivity contribution is 5.79. The summed E-state index contributed by atoms with van der Waals surface area (Å²) in [5, 5.41) is 3.32. The van der Waals surface area contributed by atoms with Gasteiger partial charge in [0.1, 0.15) is 0 Å². The van der Waals surface area contributed by atoms with Crippen molar-refractivity contribution in [3.63, 3.8) is 0 Å². The van der Waals surface area contributed by atoms with Crippen LogP contribution in [-0.4, -0.2) is 22.4 Å². The second-order valence-electron chi connectivity index (χ2n) is 8.27. The molecule has 1 saturated carbocycles. The van der Waals surface area contributed by atoms with Crippen molar-refractivity contribution in [3.8, 4) is 11.1 Å². The topological polar surface area (TPSA) is 83.8 Å². The van der Waals surface area contributed by atoms with Gasteiger partial charge in [-0.05, 0) is 79.5 Å². The van der Waals surface area contributed by atoms with E-state index in [1.165, 1.54) is 5.56 Å². The largest absolute Gasteiger partial charge is 0.367 e. The number of rotatable bonds is 7. The van der Waals surface area contributed by atoms with Crippen molar-refractivity contribution >= 4 is 5.91 Å². The number of H-pyrrole nitrogens is 1. The van der Waals surface area contributed by atoms with E-state index in [-0.39, 0.29) is 17.9 Å². The Bertz CT molecular complexity index is 931. The maximum absolute atomic E-state index is 13.1. The number of nitrogens with two attached hydrogens (primary N) is 1. The van der Waals surface area contributed by atoms with E-state index in [4.69, 9.17) is 5.73 Å². The first-order valence-electron chi connectivity index (χ1n) is 10.9. The third kappa shape index (κ3) is 4.97. The zero-order chi connectivity index (χ0) is 20.8. The summed E-state index contributed by atoms with van der Waals surface area (Å²) in [7, 11) is 0. The number of aromatic amines is 1. The van der Waals surface area contributed by atoms with E-state index >= 15 is 0 Å². The second-order valence-corrected chi connectivity index (χ2v) is 8.27. The standard InChI is InChI=1S/C25H30N4O/c26-16-19-6-8-20(9-7-19)25(30)29-24(14-18-4-2-1-3-5-18)23-15-21(11-13-28-23)22-10-12-27-17-22/h1-5,10-13,15,17,19-20,24,27H,6-9,14,16,26H2,(H,29,30)/t19-,20-,24?. The van der Waals surface area contributed by atoms with Crippen LogP contribution >= 0.6 is 0 Å². The third-order valence-electron chi connectivity index (χ3n) is 6.22. The van der Waals surface area contributed by atoms with Gasteiger partial charge in [0.2, 0.25) is 5.91 Å². The zero-order valence-corrected chi connectivity index (χ0v) is 17.3. The van der Waals surface area contributed by atoms with Gasteiger partial charge in [-0.3, -0.25) is 9.78 Å². The summed E-state index contributed by atoms with van der Waals surface area (Å²) in [5.41, 5.74) is 10.1. The monoisotopic (exact) mass is 402 g/mol. The lowest BCUT2D eigenvalue weighted by Crippen LogP contribution is -2.37. The Hall–Kier alpha value is -2.92. The van der Waals surface area contributed by atoms with Crippen LogP contribution in [0.15, 0.2) is 67.1 Å². The van der Waals surface area contributed by atoms with Crippen molar-refractivity contribution in [2.45, 2.75) is 38.1 Å². The number of pyridine rings is 1. The van der Waals surface area contributed by atoms with Crippen LogP contribution in [0.1, 0.15) is 43.0 Å². The van der Waals surface area contributed by atoms with Crippen LogP contribution in [0, 0.1) is 11.8 Å². The first-order chi connectivity index (χ1) is 14.7. The number of carbonyl (C=O) groups is 1. The smallest absolute Gasteiger partial charge is 0.223 e. The molecule has 1 unspecified atom stereocenters. The fourth-order valence-corrected chi connectivity index (χ4v) is 4.35. The molecule has 1 fully saturated rings. The Morgan fingerprint density at radius 3 is 2.60 bits per heavy atom. The van der Waals surface area contributed by atoms with Crippen LogP contribution in [0.3, 0.4) is 0 Å². The molecule has 5 nitrogen and oxygen atoms in total. The number of hydrogen-bond donors (Lipinski definition) is 3. The molecule has 2 heterocycles.